The van der Waals surface area contributed by atoms with Gasteiger partial charge in [0, 0.05) is 6.04 Å². The van der Waals surface area contributed by atoms with E-state index in [-0.39, 0.29) is 0 Å². The van der Waals surface area contributed by atoms with E-state index in [0.717, 1.165) is 5.92 Å². The van der Waals surface area contributed by atoms with E-state index in [1.807, 2.05) is 6.92 Å². The third kappa shape index (κ3) is 2.89. The molecule has 11 heavy (non-hydrogen) atoms. The van der Waals surface area contributed by atoms with Crippen LogP contribution >= 0.6 is 0 Å². The van der Waals surface area contributed by atoms with Gasteiger partial charge in [0.15, 0.2) is 0 Å². The van der Waals surface area contributed by atoms with Gasteiger partial charge >= 0.3 is 0 Å². The minimum absolute atomic E-state index is 0.612. The Morgan fingerprint density at radius 2 is 2.18 bits per heavy atom. The Labute approximate surface area is 69.2 Å². The van der Waals surface area contributed by atoms with E-state index in [1.165, 1.54) is 13.0 Å². The summed E-state index contributed by atoms with van der Waals surface area (Å²) in [6, 6.07) is 0.612. The molecule has 2 atom stereocenters. The van der Waals surface area contributed by atoms with Gasteiger partial charge in [-0.3, -0.25) is 0 Å². The predicted molar refractivity (Wildman–Crippen MR) is 49.5 cm³/mol. The van der Waals surface area contributed by atoms with Gasteiger partial charge in [0.25, 0.3) is 0 Å². The molecule has 1 aliphatic heterocycles. The molecule has 1 saturated heterocycles. The molecular weight excluding hydrogens is 134 g/mol. The van der Waals surface area contributed by atoms with Crippen LogP contribution in [0.5, 0.6) is 0 Å². The van der Waals surface area contributed by atoms with E-state index in [9.17, 15) is 0 Å². The van der Waals surface area contributed by atoms with E-state index >= 15 is 0 Å². The zero-order chi connectivity index (χ0) is 8.10. The Morgan fingerprint density at radius 3 is 2.73 bits per heavy atom. The second-order valence-electron chi connectivity index (χ2n) is 3.27. The van der Waals surface area contributed by atoms with Gasteiger partial charge in [-0.05, 0) is 25.8 Å². The van der Waals surface area contributed by atoms with E-state index in [4.69, 9.17) is 0 Å². The van der Waals surface area contributed by atoms with Crippen molar-refractivity contribution in [1.82, 2.24) is 5.32 Å². The minimum atomic E-state index is 0.612. The maximum absolute atomic E-state index is 3.44. The number of nitrogens with one attached hydrogen (secondary N) is 1. The maximum atomic E-state index is 3.44. The quantitative estimate of drug-likeness (QED) is 0.596. The summed E-state index contributed by atoms with van der Waals surface area (Å²) in [4.78, 5) is 0. The van der Waals surface area contributed by atoms with Gasteiger partial charge in [-0.15, -0.1) is 0 Å². The fourth-order valence-electron chi connectivity index (χ4n) is 1.41. The first-order valence-electron chi connectivity index (χ1n) is 4.36. The molecule has 0 aliphatic carbocycles. The van der Waals surface area contributed by atoms with Crippen molar-refractivity contribution in [2.45, 2.75) is 26.3 Å². The van der Waals surface area contributed by atoms with Crippen LogP contribution in [0.3, 0.4) is 0 Å². The Kier molecular flexibility index (Phi) is 3.37. The second-order valence-corrected chi connectivity index (χ2v) is 3.27. The van der Waals surface area contributed by atoms with Gasteiger partial charge in [0.05, 0.1) is 0 Å². The smallest absolute Gasteiger partial charge is 0.0256 e. The maximum Gasteiger partial charge on any atom is 0.0256 e. The van der Waals surface area contributed by atoms with Crippen molar-refractivity contribution in [2.75, 3.05) is 6.54 Å². The summed E-state index contributed by atoms with van der Waals surface area (Å²) in [5.74, 6) is 0.843. The lowest BCUT2D eigenvalue weighted by Crippen LogP contribution is -2.18. The SMILES string of the molecule is C/C=C\C=C/C1CC(C)CN1. The highest BCUT2D eigenvalue weighted by molar-refractivity contribution is 5.07. The lowest BCUT2D eigenvalue weighted by atomic mass is 10.1. The molecule has 0 aromatic carbocycles. The van der Waals surface area contributed by atoms with Gasteiger partial charge < -0.3 is 5.32 Å². The highest BCUT2D eigenvalue weighted by Gasteiger charge is 2.16. The third-order valence-electron chi connectivity index (χ3n) is 2.03. The average molecular weight is 151 g/mol. The molecule has 1 heteroatoms. The van der Waals surface area contributed by atoms with Crippen molar-refractivity contribution < 1.29 is 0 Å². The molecule has 62 valence electrons. The molecule has 0 aromatic rings. The van der Waals surface area contributed by atoms with Crippen molar-refractivity contribution in [3.05, 3.63) is 24.3 Å². The Hall–Kier alpha value is -0.560. The first kappa shape index (κ1) is 8.54. The summed E-state index contributed by atoms with van der Waals surface area (Å²) < 4.78 is 0. The van der Waals surface area contributed by atoms with Crippen LogP contribution in [-0.4, -0.2) is 12.6 Å². The van der Waals surface area contributed by atoms with Crippen LogP contribution in [0.1, 0.15) is 20.3 Å². The number of hydrogen-bond acceptors (Lipinski definition) is 1. The van der Waals surface area contributed by atoms with Gasteiger partial charge in [0.1, 0.15) is 0 Å². The van der Waals surface area contributed by atoms with E-state index in [2.05, 4.69) is 36.5 Å². The Bertz CT molecular complexity index is 158. The zero-order valence-electron chi connectivity index (χ0n) is 7.38. The molecule has 0 spiro atoms. The number of allylic oxidation sites excluding steroid dienone is 3. The predicted octanol–water partition coefficient (Wildman–Crippen LogP) is 2.12. The molecule has 0 aromatic heterocycles. The van der Waals surface area contributed by atoms with Crippen LogP contribution in [0.2, 0.25) is 0 Å². The molecule has 1 heterocycles. The van der Waals surface area contributed by atoms with Crippen LogP contribution in [0, 0.1) is 5.92 Å². The second kappa shape index (κ2) is 4.35. The molecular formula is C10H17N. The molecule has 0 radical (unpaired) electrons. The fraction of sp³-hybridized carbons (Fsp3) is 0.600. The first-order chi connectivity index (χ1) is 5.33. The molecule has 0 saturated carbocycles. The molecule has 1 aliphatic rings. The molecule has 0 amide bonds. The summed E-state index contributed by atoms with van der Waals surface area (Å²) in [7, 11) is 0. The molecule has 1 nitrogen and oxygen atoms in total. The fourth-order valence-corrected chi connectivity index (χ4v) is 1.41. The van der Waals surface area contributed by atoms with Crippen LogP contribution < -0.4 is 5.32 Å². The van der Waals surface area contributed by atoms with Crippen molar-refractivity contribution >= 4 is 0 Å². The highest BCUT2D eigenvalue weighted by atomic mass is 14.9. The Morgan fingerprint density at radius 1 is 1.36 bits per heavy atom. The normalized spacial score (nSPS) is 32.5. The van der Waals surface area contributed by atoms with Crippen molar-refractivity contribution in [2.24, 2.45) is 5.92 Å². The van der Waals surface area contributed by atoms with E-state index in [1.54, 1.807) is 0 Å². The zero-order valence-corrected chi connectivity index (χ0v) is 7.38. The average Bonchev–Trinajstić information content (AvgIpc) is 2.37. The minimum Gasteiger partial charge on any atom is -0.310 e. The third-order valence-corrected chi connectivity index (χ3v) is 2.03. The monoisotopic (exact) mass is 151 g/mol. The summed E-state index contributed by atoms with van der Waals surface area (Å²) >= 11 is 0. The number of hydrogen-bond donors (Lipinski definition) is 1. The van der Waals surface area contributed by atoms with Gasteiger partial charge in [-0.25, -0.2) is 0 Å². The summed E-state index contributed by atoms with van der Waals surface area (Å²) in [5, 5.41) is 3.44. The summed E-state index contributed by atoms with van der Waals surface area (Å²) in [6.07, 6.45) is 9.77. The van der Waals surface area contributed by atoms with Crippen LogP contribution in [0.15, 0.2) is 24.3 Å². The lowest BCUT2D eigenvalue weighted by Gasteiger charge is -2.00. The van der Waals surface area contributed by atoms with Crippen LogP contribution in [0.25, 0.3) is 0 Å². The topological polar surface area (TPSA) is 12.0 Å². The molecule has 0 bridgehead atoms. The highest BCUT2D eigenvalue weighted by Crippen LogP contribution is 2.13. The van der Waals surface area contributed by atoms with E-state index < -0.39 is 0 Å². The molecule has 1 fully saturated rings. The Balaban J connectivity index is 2.27. The molecule has 1 N–H and O–H groups in total. The van der Waals surface area contributed by atoms with E-state index in [0.29, 0.717) is 6.04 Å². The van der Waals surface area contributed by atoms with Crippen LogP contribution in [0.4, 0.5) is 0 Å². The van der Waals surface area contributed by atoms with Gasteiger partial charge in [0.2, 0.25) is 0 Å². The number of rotatable bonds is 2. The largest absolute Gasteiger partial charge is 0.310 e. The summed E-state index contributed by atoms with van der Waals surface area (Å²) in [5.41, 5.74) is 0. The summed E-state index contributed by atoms with van der Waals surface area (Å²) in [6.45, 7) is 5.50. The lowest BCUT2D eigenvalue weighted by molar-refractivity contribution is 0.641. The van der Waals surface area contributed by atoms with Crippen molar-refractivity contribution in [3.63, 3.8) is 0 Å². The molecule has 2 unspecified atom stereocenters. The van der Waals surface area contributed by atoms with Crippen LogP contribution in [-0.2, 0) is 0 Å². The molecule has 1 rings (SSSR count). The van der Waals surface area contributed by atoms with Crippen molar-refractivity contribution in [1.29, 1.82) is 0 Å². The van der Waals surface area contributed by atoms with Gasteiger partial charge in [-0.2, -0.15) is 0 Å². The van der Waals surface area contributed by atoms with Gasteiger partial charge in [-0.1, -0.05) is 31.2 Å². The standard InChI is InChI=1S/C10H17N/c1-3-4-5-6-10-7-9(2)8-11-10/h3-6,9-11H,7-8H2,1-2H3/b4-3-,6-5-. The van der Waals surface area contributed by atoms with Crippen molar-refractivity contribution in [3.8, 4) is 0 Å². The first-order valence-corrected chi connectivity index (χ1v) is 4.36.